The Kier molecular flexibility index (Phi) is 5.00. The van der Waals surface area contributed by atoms with Gasteiger partial charge in [0, 0.05) is 18.1 Å². The van der Waals surface area contributed by atoms with Crippen LogP contribution in [0.4, 0.5) is 5.69 Å². The van der Waals surface area contributed by atoms with Crippen molar-refractivity contribution in [1.29, 1.82) is 0 Å². The van der Waals surface area contributed by atoms with E-state index in [0.717, 1.165) is 18.7 Å². The molecule has 0 fully saturated rings. The predicted molar refractivity (Wildman–Crippen MR) is 73.8 cm³/mol. The van der Waals surface area contributed by atoms with Crippen molar-refractivity contribution in [3.05, 3.63) is 28.2 Å². The van der Waals surface area contributed by atoms with Gasteiger partial charge in [-0.15, -0.1) is 0 Å². The lowest BCUT2D eigenvalue weighted by Crippen LogP contribution is -2.25. The molecule has 0 aromatic heterocycles. The van der Waals surface area contributed by atoms with E-state index in [0.29, 0.717) is 16.0 Å². The summed E-state index contributed by atoms with van der Waals surface area (Å²) in [5, 5.41) is 9.23. The zero-order valence-corrected chi connectivity index (χ0v) is 12.0. The van der Waals surface area contributed by atoms with Gasteiger partial charge < -0.3 is 10.0 Å². The third-order valence-corrected chi connectivity index (χ3v) is 3.56. The van der Waals surface area contributed by atoms with Crippen LogP contribution in [0.15, 0.2) is 22.7 Å². The molecule has 1 aromatic carbocycles. The number of halogens is 1. The smallest absolute Gasteiger partial charge is 0.338 e. The SMILES string of the molecule is CCC(C)CN(C)c1cccc(Br)c1C(=O)O. The second kappa shape index (κ2) is 6.05. The maximum Gasteiger partial charge on any atom is 0.338 e. The second-order valence-corrected chi connectivity index (χ2v) is 5.19. The Bertz CT molecular complexity index is 406. The van der Waals surface area contributed by atoms with Crippen LogP contribution in [0, 0.1) is 5.92 Å². The van der Waals surface area contributed by atoms with Gasteiger partial charge >= 0.3 is 5.97 Å². The van der Waals surface area contributed by atoms with Crippen LogP contribution in [0.2, 0.25) is 0 Å². The number of nitrogens with zero attached hydrogens (tertiary/aromatic N) is 1. The first-order valence-corrected chi connectivity index (χ1v) is 6.49. The molecule has 1 aromatic rings. The second-order valence-electron chi connectivity index (χ2n) is 4.33. The molecule has 1 N–H and O–H groups in total. The van der Waals surface area contributed by atoms with E-state index in [9.17, 15) is 9.90 Å². The summed E-state index contributed by atoms with van der Waals surface area (Å²) in [4.78, 5) is 13.2. The fourth-order valence-electron chi connectivity index (χ4n) is 1.74. The molecule has 1 rings (SSSR count). The summed E-state index contributed by atoms with van der Waals surface area (Å²) in [7, 11) is 1.93. The minimum Gasteiger partial charge on any atom is -0.478 e. The molecule has 94 valence electrons. The molecule has 0 amide bonds. The summed E-state index contributed by atoms with van der Waals surface area (Å²) in [6.07, 6.45) is 1.08. The Morgan fingerprint density at radius 2 is 2.18 bits per heavy atom. The molecule has 0 saturated heterocycles. The number of benzene rings is 1. The van der Waals surface area contributed by atoms with E-state index in [1.165, 1.54) is 0 Å². The Hall–Kier alpha value is -1.03. The number of carboxylic acids is 1. The van der Waals surface area contributed by atoms with Crippen molar-refractivity contribution >= 4 is 27.6 Å². The van der Waals surface area contributed by atoms with Crippen molar-refractivity contribution < 1.29 is 9.90 Å². The van der Waals surface area contributed by atoms with Crippen LogP contribution in [0.3, 0.4) is 0 Å². The van der Waals surface area contributed by atoms with Crippen molar-refractivity contribution in [3.8, 4) is 0 Å². The average molecular weight is 300 g/mol. The van der Waals surface area contributed by atoms with Crippen LogP contribution >= 0.6 is 15.9 Å². The zero-order chi connectivity index (χ0) is 13.0. The van der Waals surface area contributed by atoms with Crippen LogP contribution in [0.5, 0.6) is 0 Å². The van der Waals surface area contributed by atoms with E-state index in [1.54, 1.807) is 6.07 Å². The lowest BCUT2D eigenvalue weighted by Gasteiger charge is -2.24. The molecule has 0 saturated carbocycles. The first-order valence-electron chi connectivity index (χ1n) is 5.70. The molecule has 0 spiro atoms. The normalized spacial score (nSPS) is 12.2. The molecule has 0 aliphatic carbocycles. The number of aromatic carboxylic acids is 1. The lowest BCUT2D eigenvalue weighted by atomic mass is 10.1. The molecule has 0 bridgehead atoms. The van der Waals surface area contributed by atoms with Crippen LogP contribution in [-0.4, -0.2) is 24.7 Å². The van der Waals surface area contributed by atoms with Gasteiger partial charge in [-0.1, -0.05) is 26.3 Å². The van der Waals surface area contributed by atoms with E-state index in [1.807, 2.05) is 24.1 Å². The summed E-state index contributed by atoms with van der Waals surface area (Å²) in [5.74, 6) is -0.357. The van der Waals surface area contributed by atoms with Crippen LogP contribution < -0.4 is 4.90 Å². The number of carbonyl (C=O) groups is 1. The molecule has 0 heterocycles. The van der Waals surface area contributed by atoms with Crippen molar-refractivity contribution in [2.24, 2.45) is 5.92 Å². The van der Waals surface area contributed by atoms with Crippen molar-refractivity contribution in [2.75, 3.05) is 18.5 Å². The fraction of sp³-hybridized carbons (Fsp3) is 0.462. The maximum atomic E-state index is 11.2. The van der Waals surface area contributed by atoms with E-state index < -0.39 is 5.97 Å². The third kappa shape index (κ3) is 3.46. The Balaban J connectivity index is 3.04. The predicted octanol–water partition coefficient (Wildman–Crippen LogP) is 3.63. The minimum absolute atomic E-state index is 0.332. The van der Waals surface area contributed by atoms with Crippen LogP contribution in [-0.2, 0) is 0 Å². The Labute approximate surface area is 111 Å². The molecule has 0 aliphatic heterocycles. The zero-order valence-electron chi connectivity index (χ0n) is 10.4. The van der Waals surface area contributed by atoms with Gasteiger partial charge in [0.25, 0.3) is 0 Å². The van der Waals surface area contributed by atoms with Gasteiger partial charge in [0.15, 0.2) is 0 Å². The van der Waals surface area contributed by atoms with E-state index in [2.05, 4.69) is 29.8 Å². The molecular weight excluding hydrogens is 282 g/mol. The van der Waals surface area contributed by atoms with Gasteiger partial charge in [-0.2, -0.15) is 0 Å². The summed E-state index contributed by atoms with van der Waals surface area (Å²) < 4.78 is 0.624. The quantitative estimate of drug-likeness (QED) is 0.902. The van der Waals surface area contributed by atoms with Crippen LogP contribution in [0.25, 0.3) is 0 Å². The molecule has 1 atom stereocenters. The highest BCUT2D eigenvalue weighted by molar-refractivity contribution is 9.10. The lowest BCUT2D eigenvalue weighted by molar-refractivity contribution is 0.0696. The summed E-state index contributed by atoms with van der Waals surface area (Å²) in [5.41, 5.74) is 1.09. The van der Waals surface area contributed by atoms with E-state index in [4.69, 9.17) is 0 Å². The van der Waals surface area contributed by atoms with Gasteiger partial charge in [-0.05, 0) is 34.0 Å². The first kappa shape index (κ1) is 14.0. The highest BCUT2D eigenvalue weighted by atomic mass is 79.9. The number of hydrogen-bond donors (Lipinski definition) is 1. The molecule has 17 heavy (non-hydrogen) atoms. The molecular formula is C13H18BrNO2. The average Bonchev–Trinajstić information content (AvgIpc) is 2.27. The topological polar surface area (TPSA) is 40.5 Å². The monoisotopic (exact) mass is 299 g/mol. The molecule has 0 radical (unpaired) electrons. The summed E-state index contributed by atoms with van der Waals surface area (Å²) in [6, 6.07) is 5.46. The summed E-state index contributed by atoms with van der Waals surface area (Å²) >= 11 is 3.29. The largest absolute Gasteiger partial charge is 0.478 e. The number of hydrogen-bond acceptors (Lipinski definition) is 2. The van der Waals surface area contributed by atoms with Gasteiger partial charge in [-0.25, -0.2) is 4.79 Å². The van der Waals surface area contributed by atoms with Gasteiger partial charge in [-0.3, -0.25) is 0 Å². The standard InChI is InChI=1S/C13H18BrNO2/c1-4-9(2)8-15(3)11-7-5-6-10(14)12(11)13(16)17/h5-7,9H,4,8H2,1-3H3,(H,16,17). The fourth-order valence-corrected chi connectivity index (χ4v) is 2.26. The molecule has 3 nitrogen and oxygen atoms in total. The third-order valence-electron chi connectivity index (χ3n) is 2.90. The minimum atomic E-state index is -0.900. The number of rotatable bonds is 5. The van der Waals surface area contributed by atoms with Crippen molar-refractivity contribution in [1.82, 2.24) is 0 Å². The highest BCUT2D eigenvalue weighted by Crippen LogP contribution is 2.27. The Morgan fingerprint density at radius 3 is 2.71 bits per heavy atom. The summed E-state index contributed by atoms with van der Waals surface area (Å²) in [6.45, 7) is 5.15. The Morgan fingerprint density at radius 1 is 1.53 bits per heavy atom. The van der Waals surface area contributed by atoms with Crippen molar-refractivity contribution in [3.63, 3.8) is 0 Å². The van der Waals surface area contributed by atoms with Gasteiger partial charge in [0.2, 0.25) is 0 Å². The maximum absolute atomic E-state index is 11.2. The van der Waals surface area contributed by atoms with E-state index in [-0.39, 0.29) is 0 Å². The highest BCUT2D eigenvalue weighted by Gasteiger charge is 2.17. The van der Waals surface area contributed by atoms with E-state index >= 15 is 0 Å². The number of anilines is 1. The number of carboxylic acid groups (broad SMARTS) is 1. The molecule has 4 heteroatoms. The first-order chi connectivity index (χ1) is 7.97. The molecule has 1 unspecified atom stereocenters. The van der Waals surface area contributed by atoms with Crippen molar-refractivity contribution in [2.45, 2.75) is 20.3 Å². The molecule has 0 aliphatic rings. The van der Waals surface area contributed by atoms with Gasteiger partial charge in [0.05, 0.1) is 11.3 Å². The van der Waals surface area contributed by atoms with Crippen LogP contribution in [0.1, 0.15) is 30.6 Å². The van der Waals surface area contributed by atoms with Gasteiger partial charge in [0.1, 0.15) is 0 Å².